The van der Waals surface area contributed by atoms with Gasteiger partial charge in [-0.2, -0.15) is 0 Å². The minimum absolute atomic E-state index is 0.272. The molecule has 1 heterocycles. The molecule has 0 saturated heterocycles. The Balaban J connectivity index is 2.11. The summed E-state index contributed by atoms with van der Waals surface area (Å²) in [6.07, 6.45) is 4.40. The molecule has 17 heavy (non-hydrogen) atoms. The molecule has 0 bridgehead atoms. The van der Waals surface area contributed by atoms with E-state index in [0.29, 0.717) is 0 Å². The van der Waals surface area contributed by atoms with E-state index in [-0.39, 0.29) is 5.04 Å². The van der Waals surface area contributed by atoms with Crippen LogP contribution in [0.25, 0.3) is 0 Å². The van der Waals surface area contributed by atoms with Crippen LogP contribution in [-0.2, 0) is 9.16 Å². The number of hydrogen-bond donors (Lipinski definition) is 0. The molecule has 0 N–H and O–H groups in total. The maximum absolute atomic E-state index is 6.36. The zero-order valence-electron chi connectivity index (χ0n) is 11.7. The summed E-state index contributed by atoms with van der Waals surface area (Å²) in [5, 5.41) is 0.272. The Morgan fingerprint density at radius 1 is 1.18 bits per heavy atom. The van der Waals surface area contributed by atoms with Gasteiger partial charge in [0.1, 0.15) is 0 Å². The summed E-state index contributed by atoms with van der Waals surface area (Å²) in [4.78, 5) is 0. The van der Waals surface area contributed by atoms with E-state index in [1.54, 1.807) is 0 Å². The van der Waals surface area contributed by atoms with Gasteiger partial charge >= 0.3 is 0 Å². The minimum atomic E-state index is -1.67. The fraction of sp³-hybridized carbons (Fsp3) is 0.714. The molecular weight excluding hydrogens is 228 g/mol. The largest absolute Gasteiger partial charge is 0.546 e. The molecule has 0 aromatic heterocycles. The van der Waals surface area contributed by atoms with Crippen molar-refractivity contribution >= 4 is 8.32 Å². The molecule has 0 radical (unpaired) electrons. The van der Waals surface area contributed by atoms with E-state index in [9.17, 15) is 0 Å². The third-order valence-corrected chi connectivity index (χ3v) is 8.57. The second kappa shape index (κ2) is 4.29. The highest BCUT2D eigenvalue weighted by Crippen LogP contribution is 2.40. The average molecular weight is 252 g/mol. The molecule has 3 heteroatoms. The van der Waals surface area contributed by atoms with Crippen molar-refractivity contribution in [1.29, 1.82) is 0 Å². The Morgan fingerprint density at radius 2 is 1.88 bits per heavy atom. The molecule has 96 valence electrons. The smallest absolute Gasteiger partial charge is 0.250 e. The molecule has 2 aliphatic rings. The summed E-state index contributed by atoms with van der Waals surface area (Å²) in [6, 6.07) is 0. The van der Waals surface area contributed by atoms with E-state index in [2.05, 4.69) is 39.9 Å². The SMILES string of the molecule is CC(C)(C)[Si](C)(C)OC1=CC2=C(CC1)COC2. The van der Waals surface area contributed by atoms with E-state index in [1.807, 2.05) is 0 Å². The summed E-state index contributed by atoms with van der Waals surface area (Å²) in [5.41, 5.74) is 2.84. The lowest BCUT2D eigenvalue weighted by molar-refractivity contribution is 0.204. The lowest BCUT2D eigenvalue weighted by atomic mass is 9.99. The van der Waals surface area contributed by atoms with E-state index in [1.165, 1.54) is 16.9 Å². The Labute approximate surface area is 106 Å². The first-order valence-electron chi connectivity index (χ1n) is 6.48. The number of ether oxygens (including phenoxy) is 1. The van der Waals surface area contributed by atoms with Crippen molar-refractivity contribution in [2.75, 3.05) is 13.2 Å². The van der Waals surface area contributed by atoms with Crippen LogP contribution in [0.5, 0.6) is 0 Å². The van der Waals surface area contributed by atoms with Crippen LogP contribution in [0.3, 0.4) is 0 Å². The second-order valence-electron chi connectivity index (χ2n) is 6.59. The highest BCUT2D eigenvalue weighted by molar-refractivity contribution is 6.74. The molecular formula is C14H24O2Si. The van der Waals surface area contributed by atoms with E-state index in [0.717, 1.165) is 26.1 Å². The van der Waals surface area contributed by atoms with Crippen LogP contribution in [0.15, 0.2) is 23.0 Å². The van der Waals surface area contributed by atoms with Crippen LogP contribution >= 0.6 is 0 Å². The Kier molecular flexibility index (Phi) is 3.25. The monoisotopic (exact) mass is 252 g/mol. The Hall–Kier alpha value is -0.543. The van der Waals surface area contributed by atoms with Gasteiger partial charge < -0.3 is 9.16 Å². The molecule has 0 aromatic carbocycles. The van der Waals surface area contributed by atoms with Gasteiger partial charge in [-0.05, 0) is 41.8 Å². The molecule has 0 spiro atoms. The van der Waals surface area contributed by atoms with Crippen LogP contribution < -0.4 is 0 Å². The van der Waals surface area contributed by atoms with E-state index < -0.39 is 8.32 Å². The van der Waals surface area contributed by atoms with E-state index >= 15 is 0 Å². The third-order valence-electron chi connectivity index (χ3n) is 4.19. The zero-order chi connectivity index (χ0) is 12.7. The highest BCUT2D eigenvalue weighted by Gasteiger charge is 2.39. The van der Waals surface area contributed by atoms with Gasteiger partial charge in [0, 0.05) is 6.42 Å². The fourth-order valence-electron chi connectivity index (χ4n) is 1.96. The van der Waals surface area contributed by atoms with Crippen molar-refractivity contribution < 1.29 is 9.16 Å². The summed E-state index contributed by atoms with van der Waals surface area (Å²) in [6.45, 7) is 13.1. The fourth-order valence-corrected chi connectivity index (χ4v) is 3.08. The van der Waals surface area contributed by atoms with Gasteiger partial charge in [-0.1, -0.05) is 20.8 Å². The van der Waals surface area contributed by atoms with Gasteiger partial charge in [0.05, 0.1) is 19.0 Å². The van der Waals surface area contributed by atoms with Crippen molar-refractivity contribution in [3.8, 4) is 0 Å². The molecule has 1 aliphatic heterocycles. The number of allylic oxidation sites excluding steroid dienone is 1. The molecule has 2 rings (SSSR count). The van der Waals surface area contributed by atoms with Crippen LogP contribution in [0, 0.1) is 0 Å². The van der Waals surface area contributed by atoms with Crippen LogP contribution in [-0.4, -0.2) is 21.5 Å². The number of hydrogen-bond acceptors (Lipinski definition) is 2. The Morgan fingerprint density at radius 3 is 2.53 bits per heavy atom. The normalized spacial score (nSPS) is 21.4. The van der Waals surface area contributed by atoms with Crippen molar-refractivity contribution in [1.82, 2.24) is 0 Å². The molecule has 2 nitrogen and oxygen atoms in total. The first kappa shape index (κ1) is 12.9. The van der Waals surface area contributed by atoms with Crippen LogP contribution in [0.2, 0.25) is 18.1 Å². The molecule has 0 atom stereocenters. The van der Waals surface area contributed by atoms with Gasteiger partial charge in [0.2, 0.25) is 8.32 Å². The predicted molar refractivity (Wildman–Crippen MR) is 73.4 cm³/mol. The third kappa shape index (κ3) is 2.66. The van der Waals surface area contributed by atoms with Crippen molar-refractivity contribution in [2.24, 2.45) is 0 Å². The Bertz CT molecular complexity index is 372. The van der Waals surface area contributed by atoms with Gasteiger partial charge in [-0.3, -0.25) is 0 Å². The maximum Gasteiger partial charge on any atom is 0.250 e. The molecule has 1 aliphatic carbocycles. The average Bonchev–Trinajstić information content (AvgIpc) is 2.62. The summed E-state index contributed by atoms with van der Waals surface area (Å²) >= 11 is 0. The lowest BCUT2D eigenvalue weighted by Crippen LogP contribution is -2.40. The molecule has 0 fully saturated rings. The molecule has 0 amide bonds. The van der Waals surface area contributed by atoms with Crippen LogP contribution in [0.4, 0.5) is 0 Å². The molecule has 0 saturated carbocycles. The summed E-state index contributed by atoms with van der Waals surface area (Å²) in [7, 11) is -1.67. The highest BCUT2D eigenvalue weighted by atomic mass is 28.4. The van der Waals surface area contributed by atoms with Gasteiger partial charge in [0.15, 0.2) is 0 Å². The summed E-state index contributed by atoms with van der Waals surface area (Å²) < 4.78 is 11.8. The van der Waals surface area contributed by atoms with Gasteiger partial charge in [0.25, 0.3) is 0 Å². The standard InChI is InChI=1S/C14H24O2Si/c1-14(2,3)17(4,5)16-13-7-6-11-9-15-10-12(11)8-13/h8H,6-7,9-10H2,1-5H3. The van der Waals surface area contributed by atoms with E-state index in [4.69, 9.17) is 9.16 Å². The van der Waals surface area contributed by atoms with Gasteiger partial charge in [-0.15, -0.1) is 0 Å². The second-order valence-corrected chi connectivity index (χ2v) is 11.3. The van der Waals surface area contributed by atoms with Crippen molar-refractivity contribution in [3.63, 3.8) is 0 Å². The van der Waals surface area contributed by atoms with Gasteiger partial charge in [-0.25, -0.2) is 0 Å². The maximum atomic E-state index is 6.36. The predicted octanol–water partition coefficient (Wildman–Crippen LogP) is 4.01. The van der Waals surface area contributed by atoms with Crippen LogP contribution in [0.1, 0.15) is 33.6 Å². The minimum Gasteiger partial charge on any atom is -0.546 e. The topological polar surface area (TPSA) is 18.5 Å². The molecule has 0 aromatic rings. The van der Waals surface area contributed by atoms with Crippen molar-refractivity contribution in [2.45, 2.75) is 51.7 Å². The quantitative estimate of drug-likeness (QED) is 0.691. The zero-order valence-corrected chi connectivity index (χ0v) is 12.7. The first-order chi connectivity index (χ1) is 7.79. The first-order valence-corrected chi connectivity index (χ1v) is 9.39. The van der Waals surface area contributed by atoms with Crippen molar-refractivity contribution in [3.05, 3.63) is 23.0 Å². The number of rotatable bonds is 2. The summed E-state index contributed by atoms with van der Waals surface area (Å²) in [5.74, 6) is 1.18. The lowest BCUT2D eigenvalue weighted by Gasteiger charge is -2.38. The molecule has 0 unspecified atom stereocenters.